The average Bonchev–Trinajstić information content (AvgIpc) is 2.45. The van der Waals surface area contributed by atoms with Crippen molar-refractivity contribution < 1.29 is 14.3 Å². The molecule has 0 saturated heterocycles. The van der Waals surface area contributed by atoms with Gasteiger partial charge >= 0.3 is 6.47 Å². The third kappa shape index (κ3) is 2.83. The Morgan fingerprint density at radius 3 is 2.44 bits per heavy atom. The molecule has 0 aliphatic carbocycles. The first-order valence-electron chi connectivity index (χ1n) is 5.49. The molecule has 2 aromatic rings. The van der Waals surface area contributed by atoms with Crippen LogP contribution in [0.4, 0.5) is 0 Å². The summed E-state index contributed by atoms with van der Waals surface area (Å²) in [4.78, 5) is 22.2. The van der Waals surface area contributed by atoms with E-state index in [2.05, 4.69) is 4.74 Å². The number of ether oxygens (including phenoxy) is 1. The lowest BCUT2D eigenvalue weighted by atomic mass is 10.0. The van der Waals surface area contributed by atoms with Crippen molar-refractivity contribution in [1.29, 1.82) is 0 Å². The minimum absolute atomic E-state index is 0.0486. The van der Waals surface area contributed by atoms with E-state index in [1.165, 1.54) is 6.47 Å². The Morgan fingerprint density at radius 2 is 1.72 bits per heavy atom. The molecule has 0 bridgehead atoms. The normalized spacial score (nSPS) is 9.78. The lowest BCUT2D eigenvalue weighted by Gasteiger charge is -2.04. The fraction of sp³-hybridized carbons (Fsp3) is 0.0667. The first-order valence-corrected chi connectivity index (χ1v) is 5.49. The van der Waals surface area contributed by atoms with Crippen LogP contribution in [0.15, 0.2) is 54.6 Å². The van der Waals surface area contributed by atoms with Crippen molar-refractivity contribution in [3.05, 3.63) is 71.3 Å². The summed E-state index contributed by atoms with van der Waals surface area (Å²) in [6.45, 7) is 1.49. The third-order valence-corrected chi connectivity index (χ3v) is 2.52. The number of carbonyl (C=O) groups is 1. The van der Waals surface area contributed by atoms with Crippen molar-refractivity contribution in [3.63, 3.8) is 0 Å². The highest BCUT2D eigenvalue weighted by atomic mass is 16.5. The van der Waals surface area contributed by atoms with Crippen molar-refractivity contribution in [1.82, 2.24) is 0 Å². The van der Waals surface area contributed by atoms with Gasteiger partial charge in [-0.05, 0) is 11.6 Å². The molecule has 0 unspecified atom stereocenters. The van der Waals surface area contributed by atoms with Crippen molar-refractivity contribution >= 4 is 12.3 Å². The highest BCUT2D eigenvalue weighted by Crippen LogP contribution is 2.12. The zero-order valence-electron chi connectivity index (χ0n) is 9.63. The zero-order chi connectivity index (χ0) is 12.8. The maximum atomic E-state index is 12.2. The fourth-order valence-electron chi connectivity index (χ4n) is 1.67. The van der Waals surface area contributed by atoms with Crippen LogP contribution in [0.25, 0.3) is 0 Å². The summed E-state index contributed by atoms with van der Waals surface area (Å²) in [5.74, 6) is -0.0486. The molecule has 2 aromatic carbocycles. The molecule has 0 aliphatic rings. The Hall–Kier alpha value is -2.42. The second kappa shape index (κ2) is 5.77. The minimum atomic E-state index is -0.0486. The smallest absolute Gasteiger partial charge is 0.417 e. The third-order valence-electron chi connectivity index (χ3n) is 2.52. The Bertz CT molecular complexity index is 547. The lowest BCUT2D eigenvalue weighted by Crippen LogP contribution is -2.02. The molecule has 0 N–H and O–H groups in total. The average molecular weight is 239 g/mol. The van der Waals surface area contributed by atoms with E-state index >= 15 is 0 Å². The molecule has 18 heavy (non-hydrogen) atoms. The Labute approximate surface area is 105 Å². The molecule has 0 fully saturated rings. The molecule has 1 radical (unpaired) electrons. The van der Waals surface area contributed by atoms with E-state index in [-0.39, 0.29) is 12.4 Å². The van der Waals surface area contributed by atoms with Crippen molar-refractivity contribution in [2.45, 2.75) is 6.61 Å². The van der Waals surface area contributed by atoms with Gasteiger partial charge in [0.2, 0.25) is 0 Å². The second-order valence-electron chi connectivity index (χ2n) is 3.77. The second-order valence-corrected chi connectivity index (χ2v) is 3.77. The predicted octanol–water partition coefficient (Wildman–Crippen LogP) is 2.50. The molecule has 0 heterocycles. The maximum Gasteiger partial charge on any atom is 0.417 e. The molecule has 3 heteroatoms. The number of rotatable bonds is 5. The molecular weight excluding hydrogens is 228 g/mol. The fourth-order valence-corrected chi connectivity index (χ4v) is 1.67. The Kier molecular flexibility index (Phi) is 3.86. The highest BCUT2D eigenvalue weighted by molar-refractivity contribution is 6.09. The molecule has 0 aromatic heterocycles. The first kappa shape index (κ1) is 12.0. The van der Waals surface area contributed by atoms with Gasteiger partial charge in [-0.1, -0.05) is 48.5 Å². The van der Waals surface area contributed by atoms with Gasteiger partial charge in [0.1, 0.15) is 6.61 Å². The quantitative estimate of drug-likeness (QED) is 0.753. The minimum Gasteiger partial charge on any atom is -0.452 e. The van der Waals surface area contributed by atoms with Gasteiger partial charge in [0.15, 0.2) is 5.78 Å². The SMILES string of the molecule is O=[C]OCc1cccc(C(=O)c2ccccc2)c1. The van der Waals surface area contributed by atoms with Crippen LogP contribution < -0.4 is 0 Å². The summed E-state index contributed by atoms with van der Waals surface area (Å²) in [6, 6.07) is 16.0. The van der Waals surface area contributed by atoms with E-state index in [0.29, 0.717) is 11.1 Å². The molecule has 2 rings (SSSR count). The molecule has 0 atom stereocenters. The number of ketones is 1. The summed E-state index contributed by atoms with van der Waals surface area (Å²) < 4.78 is 4.54. The number of hydrogen-bond donors (Lipinski definition) is 0. The molecule has 0 amide bonds. The topological polar surface area (TPSA) is 43.4 Å². The van der Waals surface area contributed by atoms with Gasteiger partial charge in [0, 0.05) is 11.1 Å². The van der Waals surface area contributed by atoms with Gasteiger partial charge in [-0.25, -0.2) is 4.79 Å². The standard InChI is InChI=1S/C15H11O3/c16-11-18-10-12-5-4-8-14(9-12)15(17)13-6-2-1-3-7-13/h1-9H,10H2. The zero-order valence-corrected chi connectivity index (χ0v) is 9.63. The number of hydrogen-bond acceptors (Lipinski definition) is 3. The van der Waals surface area contributed by atoms with Gasteiger partial charge in [0.05, 0.1) is 0 Å². The van der Waals surface area contributed by atoms with Crippen LogP contribution in [-0.2, 0) is 16.1 Å². The summed E-state index contributed by atoms with van der Waals surface area (Å²) in [5, 5.41) is 0. The van der Waals surface area contributed by atoms with Crippen LogP contribution in [0.5, 0.6) is 0 Å². The van der Waals surface area contributed by atoms with Gasteiger partial charge in [0.25, 0.3) is 0 Å². The Balaban J connectivity index is 2.23. The van der Waals surface area contributed by atoms with Gasteiger partial charge < -0.3 is 4.74 Å². The van der Waals surface area contributed by atoms with Crippen molar-refractivity contribution in [3.8, 4) is 0 Å². The largest absolute Gasteiger partial charge is 0.452 e. The first-order chi connectivity index (χ1) is 8.81. The van der Waals surface area contributed by atoms with Crippen LogP contribution in [0.2, 0.25) is 0 Å². The van der Waals surface area contributed by atoms with Gasteiger partial charge in [-0.15, -0.1) is 0 Å². The van der Waals surface area contributed by atoms with E-state index in [4.69, 9.17) is 0 Å². The molecule has 0 saturated carbocycles. The monoisotopic (exact) mass is 239 g/mol. The molecule has 0 spiro atoms. The summed E-state index contributed by atoms with van der Waals surface area (Å²) in [5.41, 5.74) is 1.98. The van der Waals surface area contributed by atoms with Crippen LogP contribution in [0, 0.1) is 0 Å². The van der Waals surface area contributed by atoms with E-state index in [9.17, 15) is 9.59 Å². The van der Waals surface area contributed by atoms with E-state index in [0.717, 1.165) is 5.56 Å². The van der Waals surface area contributed by atoms with Crippen LogP contribution in [0.3, 0.4) is 0 Å². The van der Waals surface area contributed by atoms with Gasteiger partial charge in [-0.2, -0.15) is 0 Å². The Morgan fingerprint density at radius 1 is 1.00 bits per heavy atom. The number of benzene rings is 2. The van der Waals surface area contributed by atoms with Crippen LogP contribution in [-0.4, -0.2) is 12.3 Å². The molecular formula is C15H11O3. The highest BCUT2D eigenvalue weighted by Gasteiger charge is 2.08. The molecule has 89 valence electrons. The lowest BCUT2D eigenvalue weighted by molar-refractivity contribution is 0.103. The van der Waals surface area contributed by atoms with Crippen LogP contribution >= 0.6 is 0 Å². The summed E-state index contributed by atoms with van der Waals surface area (Å²) in [6.07, 6.45) is 0. The maximum absolute atomic E-state index is 12.2. The van der Waals surface area contributed by atoms with Crippen molar-refractivity contribution in [2.24, 2.45) is 0 Å². The van der Waals surface area contributed by atoms with E-state index in [1.807, 2.05) is 18.2 Å². The van der Waals surface area contributed by atoms with E-state index < -0.39 is 0 Å². The predicted molar refractivity (Wildman–Crippen MR) is 66.8 cm³/mol. The summed E-state index contributed by atoms with van der Waals surface area (Å²) in [7, 11) is 0. The van der Waals surface area contributed by atoms with Crippen LogP contribution in [0.1, 0.15) is 21.5 Å². The molecule has 0 aliphatic heterocycles. The summed E-state index contributed by atoms with van der Waals surface area (Å²) >= 11 is 0. The van der Waals surface area contributed by atoms with Crippen molar-refractivity contribution in [2.75, 3.05) is 0 Å². The van der Waals surface area contributed by atoms with Gasteiger partial charge in [-0.3, -0.25) is 4.79 Å². The van der Waals surface area contributed by atoms with E-state index in [1.54, 1.807) is 36.4 Å². The number of carbonyl (C=O) groups excluding carboxylic acids is 2. The molecule has 3 nitrogen and oxygen atoms in total.